The summed E-state index contributed by atoms with van der Waals surface area (Å²) in [5, 5.41) is 32.6. The molecule has 1 amide bonds. The van der Waals surface area contributed by atoms with Crippen molar-refractivity contribution in [1.29, 1.82) is 0 Å². The molecule has 0 unspecified atom stereocenters. The Morgan fingerprint density at radius 3 is 2.47 bits per heavy atom. The fourth-order valence-electron chi connectivity index (χ4n) is 5.05. The lowest BCUT2D eigenvalue weighted by molar-refractivity contribution is -0.160. The molecule has 1 fully saturated rings. The molecular formula is C21H23N3O6. The molecule has 0 heterocycles. The predicted molar refractivity (Wildman–Crippen MR) is 107 cm³/mol. The van der Waals surface area contributed by atoms with Crippen LogP contribution in [0.5, 0.6) is 5.75 Å². The van der Waals surface area contributed by atoms with Gasteiger partial charge in [-0.1, -0.05) is 12.1 Å². The molecule has 9 nitrogen and oxygen atoms in total. The number of primary amides is 1. The lowest BCUT2D eigenvalue weighted by atomic mass is 9.57. The Labute approximate surface area is 172 Å². The van der Waals surface area contributed by atoms with Gasteiger partial charge in [0.25, 0.3) is 5.91 Å². The van der Waals surface area contributed by atoms with Crippen molar-refractivity contribution in [3.63, 3.8) is 0 Å². The van der Waals surface area contributed by atoms with Gasteiger partial charge in [0.05, 0.1) is 16.8 Å². The van der Waals surface area contributed by atoms with E-state index < -0.39 is 52.3 Å². The van der Waals surface area contributed by atoms with E-state index in [-0.39, 0.29) is 29.0 Å². The summed E-state index contributed by atoms with van der Waals surface area (Å²) in [6.07, 6.45) is 1.93. The Kier molecular flexibility index (Phi) is 4.30. The SMILES string of the molecule is CN(C)[C@@H]1C=C(C(N)=O)C(=O)[C@@]2(O)C(=O)C3=C(O)c4c(ccc(N)c4O)C[C@H]3C[C@@H]12. The number of hydrogen-bond acceptors (Lipinski definition) is 8. The van der Waals surface area contributed by atoms with Gasteiger partial charge in [-0.15, -0.1) is 0 Å². The Morgan fingerprint density at radius 1 is 1.20 bits per heavy atom. The molecule has 0 radical (unpaired) electrons. The van der Waals surface area contributed by atoms with E-state index in [1.807, 2.05) is 0 Å². The third kappa shape index (κ3) is 2.45. The number of carbonyl (C=O) groups excluding carboxylic acids is 3. The van der Waals surface area contributed by atoms with Crippen LogP contribution in [0.3, 0.4) is 0 Å². The maximum Gasteiger partial charge on any atom is 0.252 e. The summed E-state index contributed by atoms with van der Waals surface area (Å²) in [4.78, 5) is 40.0. The number of aliphatic hydroxyl groups is 2. The Morgan fingerprint density at radius 2 is 1.87 bits per heavy atom. The molecular weight excluding hydrogens is 390 g/mol. The first-order valence-electron chi connectivity index (χ1n) is 9.53. The molecule has 158 valence electrons. The first-order chi connectivity index (χ1) is 14.0. The highest BCUT2D eigenvalue weighted by molar-refractivity contribution is 6.32. The number of aromatic hydroxyl groups is 1. The van der Waals surface area contributed by atoms with Gasteiger partial charge in [-0.05, 0) is 44.5 Å². The number of nitrogens with two attached hydrogens (primary N) is 2. The molecule has 0 bridgehead atoms. The van der Waals surface area contributed by atoms with Crippen LogP contribution in [0.2, 0.25) is 0 Å². The van der Waals surface area contributed by atoms with Gasteiger partial charge < -0.3 is 31.7 Å². The number of carbonyl (C=O) groups is 3. The number of amides is 1. The number of benzene rings is 1. The van der Waals surface area contributed by atoms with Crippen LogP contribution in [0.4, 0.5) is 5.69 Å². The van der Waals surface area contributed by atoms with Crippen molar-refractivity contribution in [3.05, 3.63) is 40.5 Å². The number of ketones is 2. The van der Waals surface area contributed by atoms with Crippen molar-refractivity contribution in [2.24, 2.45) is 17.6 Å². The van der Waals surface area contributed by atoms with Crippen molar-refractivity contribution < 1.29 is 29.7 Å². The smallest absolute Gasteiger partial charge is 0.252 e. The van der Waals surface area contributed by atoms with Gasteiger partial charge >= 0.3 is 0 Å². The van der Waals surface area contributed by atoms with Crippen LogP contribution >= 0.6 is 0 Å². The largest absolute Gasteiger partial charge is 0.507 e. The number of rotatable bonds is 2. The standard InChI is InChI=1S/C21H23N3O6/c1-24(2)13-7-10(20(23)29)18(27)21(30)11(13)6-9-5-8-3-4-12(22)16(25)14(8)17(26)15(9)19(21)28/h3-4,7,9,11,13,25-26,30H,5-6,22H2,1-2H3,(H2,23,29)/t9-,11-,13+,21+/m0/s1. The molecule has 0 aromatic heterocycles. The summed E-state index contributed by atoms with van der Waals surface area (Å²) in [6, 6.07) is 2.59. The molecule has 0 spiro atoms. The van der Waals surface area contributed by atoms with E-state index >= 15 is 0 Å². The second kappa shape index (κ2) is 6.41. The molecule has 3 aliphatic rings. The second-order valence-corrected chi connectivity index (χ2v) is 8.37. The monoisotopic (exact) mass is 413 g/mol. The van der Waals surface area contributed by atoms with E-state index in [4.69, 9.17) is 11.5 Å². The highest BCUT2D eigenvalue weighted by atomic mass is 16.3. The van der Waals surface area contributed by atoms with Crippen LogP contribution in [0.25, 0.3) is 5.76 Å². The maximum absolute atomic E-state index is 13.5. The van der Waals surface area contributed by atoms with E-state index in [9.17, 15) is 29.7 Å². The van der Waals surface area contributed by atoms with Crippen LogP contribution in [0.1, 0.15) is 17.5 Å². The molecule has 3 aliphatic carbocycles. The number of anilines is 1. The number of nitrogens with zero attached hydrogens (tertiary/aromatic N) is 1. The zero-order valence-electron chi connectivity index (χ0n) is 16.5. The lowest BCUT2D eigenvalue weighted by Gasteiger charge is -2.49. The average molecular weight is 413 g/mol. The summed E-state index contributed by atoms with van der Waals surface area (Å²) >= 11 is 0. The molecule has 9 heteroatoms. The topological polar surface area (TPSA) is 167 Å². The maximum atomic E-state index is 13.5. The molecule has 30 heavy (non-hydrogen) atoms. The number of fused-ring (bicyclic) bond motifs is 3. The summed E-state index contributed by atoms with van der Waals surface area (Å²) in [5.74, 6) is -5.25. The summed E-state index contributed by atoms with van der Waals surface area (Å²) in [5.41, 5.74) is 8.60. The number of phenolic OH excluding ortho intramolecular Hbond substituents is 1. The Balaban J connectivity index is 1.93. The fraction of sp³-hybridized carbons (Fsp3) is 0.381. The van der Waals surface area contributed by atoms with E-state index in [0.29, 0.717) is 12.0 Å². The first kappa shape index (κ1) is 20.1. The van der Waals surface area contributed by atoms with E-state index in [1.54, 1.807) is 25.1 Å². The predicted octanol–water partition coefficient (Wildman–Crippen LogP) is -0.339. The average Bonchev–Trinajstić information content (AvgIpc) is 2.66. The highest BCUT2D eigenvalue weighted by Crippen LogP contribution is 2.51. The first-order valence-corrected chi connectivity index (χ1v) is 9.53. The van der Waals surface area contributed by atoms with Crippen molar-refractivity contribution in [1.82, 2.24) is 4.90 Å². The second-order valence-electron chi connectivity index (χ2n) is 8.37. The molecule has 4 rings (SSSR count). The molecule has 4 atom stereocenters. The van der Waals surface area contributed by atoms with Crippen molar-refractivity contribution in [2.75, 3.05) is 19.8 Å². The molecule has 0 aliphatic heterocycles. The molecule has 0 saturated heterocycles. The summed E-state index contributed by atoms with van der Waals surface area (Å²) < 4.78 is 0. The zero-order valence-corrected chi connectivity index (χ0v) is 16.5. The Bertz CT molecular complexity index is 1070. The minimum Gasteiger partial charge on any atom is -0.507 e. The highest BCUT2D eigenvalue weighted by Gasteiger charge is 2.62. The van der Waals surface area contributed by atoms with Crippen LogP contribution in [-0.4, -0.2) is 63.4 Å². The van der Waals surface area contributed by atoms with Gasteiger partial charge in [0.15, 0.2) is 5.60 Å². The van der Waals surface area contributed by atoms with Crippen molar-refractivity contribution in [2.45, 2.75) is 24.5 Å². The minimum absolute atomic E-state index is 0.0229. The summed E-state index contributed by atoms with van der Waals surface area (Å²) in [7, 11) is 3.42. The van der Waals surface area contributed by atoms with Gasteiger partial charge in [0.2, 0.25) is 11.6 Å². The van der Waals surface area contributed by atoms with Gasteiger partial charge in [0.1, 0.15) is 11.5 Å². The van der Waals surface area contributed by atoms with Crippen LogP contribution in [-0.2, 0) is 20.8 Å². The number of aliphatic hydroxyl groups excluding tert-OH is 1. The van der Waals surface area contributed by atoms with Crippen LogP contribution in [0, 0.1) is 11.8 Å². The minimum atomic E-state index is -2.54. The fourth-order valence-corrected chi connectivity index (χ4v) is 5.05. The van der Waals surface area contributed by atoms with E-state index in [1.165, 1.54) is 12.1 Å². The molecule has 7 N–H and O–H groups in total. The quantitative estimate of drug-likeness (QED) is 0.190. The van der Waals surface area contributed by atoms with Crippen LogP contribution < -0.4 is 11.5 Å². The molecule has 1 aromatic rings. The number of likely N-dealkylation sites (N-methyl/N-ethyl adjacent to an activating group) is 1. The van der Waals surface area contributed by atoms with Gasteiger partial charge in [-0.2, -0.15) is 0 Å². The molecule has 1 aromatic carbocycles. The van der Waals surface area contributed by atoms with Crippen molar-refractivity contribution in [3.8, 4) is 5.75 Å². The van der Waals surface area contributed by atoms with Crippen LogP contribution in [0.15, 0.2) is 29.4 Å². The van der Waals surface area contributed by atoms with Crippen molar-refractivity contribution >= 4 is 28.9 Å². The zero-order chi connectivity index (χ0) is 22.1. The number of hydrogen-bond donors (Lipinski definition) is 5. The van der Waals surface area contributed by atoms with Gasteiger partial charge in [-0.3, -0.25) is 14.4 Å². The molecule has 1 saturated carbocycles. The lowest BCUT2D eigenvalue weighted by Crippen LogP contribution is -2.65. The van der Waals surface area contributed by atoms with E-state index in [0.717, 1.165) is 0 Å². The van der Waals surface area contributed by atoms with Gasteiger partial charge in [-0.25, -0.2) is 0 Å². The number of nitrogen functional groups attached to an aromatic ring is 1. The normalized spacial score (nSPS) is 30.5. The number of phenols is 1. The Hall–Kier alpha value is -3.17. The van der Waals surface area contributed by atoms with E-state index in [2.05, 4.69) is 0 Å². The third-order valence-corrected chi connectivity index (χ3v) is 6.53. The summed E-state index contributed by atoms with van der Waals surface area (Å²) in [6.45, 7) is 0. The van der Waals surface area contributed by atoms with Gasteiger partial charge in [0, 0.05) is 17.5 Å². The third-order valence-electron chi connectivity index (χ3n) is 6.53. The number of Topliss-reactive ketones (excluding diaryl/α,β-unsaturated/α-hetero) is 2.